The van der Waals surface area contributed by atoms with Crippen molar-refractivity contribution in [3.8, 4) is 146 Å². The molecule has 16 aromatic rings. The van der Waals surface area contributed by atoms with Gasteiger partial charge in [-0.1, -0.05) is 344 Å². The van der Waals surface area contributed by atoms with Crippen molar-refractivity contribution < 1.29 is 0 Å². The van der Waals surface area contributed by atoms with Crippen LogP contribution in [-0.4, -0.2) is 19.9 Å². The minimum Gasteiger partial charge on any atom is -0.228 e. The summed E-state index contributed by atoms with van der Waals surface area (Å²) in [4.78, 5) is 21.8. The number of rotatable bonds is 10. The van der Waals surface area contributed by atoms with Crippen LogP contribution in [0.1, 0.15) is 95.8 Å². The normalized spacial score (nSPS) is 15.5. The van der Waals surface area contributed by atoms with E-state index in [1.54, 1.807) is 0 Å². The van der Waals surface area contributed by atoms with E-state index in [1.807, 2.05) is 0 Å². The molecule has 106 heavy (non-hydrogen) atoms. The van der Waals surface area contributed by atoms with Gasteiger partial charge in [-0.2, -0.15) is 0 Å². The maximum atomic E-state index is 5.61. The summed E-state index contributed by atoms with van der Waals surface area (Å²) < 4.78 is 0. The molecule has 1 spiro atoms. The summed E-state index contributed by atoms with van der Waals surface area (Å²) in [6.45, 7) is 12.0. The fraction of sp³-hybridized carbons (Fsp3) is 0.0980. The van der Waals surface area contributed by atoms with E-state index in [2.05, 4.69) is 368 Å². The predicted octanol–water partition coefficient (Wildman–Crippen LogP) is 25.1. The van der Waals surface area contributed by atoms with Gasteiger partial charge in [-0.05, 0) is 170 Å². The van der Waals surface area contributed by atoms with E-state index < -0.39 is 5.41 Å². The second kappa shape index (κ2) is 23.1. The third kappa shape index (κ3) is 8.94. The quantitative estimate of drug-likeness (QED) is 0.137. The molecule has 2 aromatic heterocycles. The van der Waals surface area contributed by atoms with Crippen LogP contribution in [0.5, 0.6) is 0 Å². The Bertz CT molecular complexity index is 6260. The van der Waals surface area contributed by atoms with Gasteiger partial charge < -0.3 is 0 Å². The van der Waals surface area contributed by atoms with Crippen LogP contribution in [0.2, 0.25) is 0 Å². The number of benzene rings is 14. The molecule has 500 valence electrons. The summed E-state index contributed by atoms with van der Waals surface area (Å²) in [5.41, 5.74) is 40.7. The molecule has 4 heteroatoms. The van der Waals surface area contributed by atoms with Crippen LogP contribution < -0.4 is 0 Å². The van der Waals surface area contributed by atoms with Crippen LogP contribution in [0.3, 0.4) is 0 Å². The SMILES string of the molecule is CC1(C)c2cc(-c3cccc4c3-c3ccccc3C4(C)Cc3ccc(-c4cc(-c5ccccc5)nc(-c5cccc6c5-c5ccc(-c7cccc8c7-c7ccccc7C87c8ccccc8-c8ccccc87)cc5C6(C)C)n4)cc3)ccc2-c2c(-c3nc(-c4ccccc4)cc(-c4ccccc4)n3)cccc21. The van der Waals surface area contributed by atoms with Gasteiger partial charge in [0.25, 0.3) is 0 Å². The second-order valence-corrected chi connectivity index (χ2v) is 30.8. The molecule has 0 radical (unpaired) electrons. The Balaban J connectivity index is 0.620. The Kier molecular flexibility index (Phi) is 13.5. The van der Waals surface area contributed by atoms with E-state index in [4.69, 9.17) is 19.9 Å². The minimum atomic E-state index is -0.415. The van der Waals surface area contributed by atoms with Gasteiger partial charge in [0.1, 0.15) is 0 Å². The number of hydrogen-bond donors (Lipinski definition) is 0. The molecule has 0 fully saturated rings. The summed E-state index contributed by atoms with van der Waals surface area (Å²) >= 11 is 0. The van der Waals surface area contributed by atoms with Gasteiger partial charge in [0.05, 0.1) is 28.2 Å². The van der Waals surface area contributed by atoms with Crippen molar-refractivity contribution in [2.45, 2.75) is 62.7 Å². The standard InChI is InChI=1S/C102H72N4/c1-99(2)83-45-25-39-77(97-103-89(63-27-9-6-10-28-63)59-90(104-97)64-29-11-7-12-30-64)95(83)75-55-53-67(57-87(75)99)69-37-23-47-85-93(69)73-35-17-19-41-79(73)101(85,5)61-62-49-51-66(52-50-62)92-60-91(65-31-13-8-14-32-65)105-98(106-92)78-40-26-46-84-96(78)76-56-54-68(58-88(76)100(84,3)4)70-38-24-48-86-94(70)74-36-18-22-44-82(74)102(86)80-42-20-15-33-71(80)72-34-16-21-43-81(72)102/h6-60H,61H2,1-5H3. The highest BCUT2D eigenvalue weighted by atomic mass is 14.9. The lowest BCUT2D eigenvalue weighted by atomic mass is 9.70. The molecule has 5 aliphatic rings. The molecule has 1 atom stereocenters. The topological polar surface area (TPSA) is 51.6 Å². The molecule has 14 aromatic carbocycles. The van der Waals surface area contributed by atoms with Gasteiger partial charge in [-0.25, -0.2) is 19.9 Å². The Morgan fingerprint density at radius 2 is 0.509 bits per heavy atom. The lowest BCUT2D eigenvalue weighted by Gasteiger charge is -2.30. The van der Waals surface area contributed by atoms with E-state index in [0.717, 1.165) is 68.4 Å². The summed E-state index contributed by atoms with van der Waals surface area (Å²) in [5.74, 6) is 1.44. The van der Waals surface area contributed by atoms with E-state index in [1.165, 1.54) is 139 Å². The first-order valence-corrected chi connectivity index (χ1v) is 37.2. The molecule has 0 saturated carbocycles. The molecule has 0 N–H and O–H groups in total. The van der Waals surface area contributed by atoms with Crippen molar-refractivity contribution >= 4 is 0 Å². The Morgan fingerprint density at radius 3 is 0.962 bits per heavy atom. The predicted molar refractivity (Wildman–Crippen MR) is 435 cm³/mol. The summed E-state index contributed by atoms with van der Waals surface area (Å²) in [6.07, 6.45) is 0.816. The average molecular weight is 1350 g/mol. The molecule has 0 bridgehead atoms. The summed E-state index contributed by atoms with van der Waals surface area (Å²) in [6, 6.07) is 123. The highest BCUT2D eigenvalue weighted by molar-refractivity contribution is 6.02. The molecule has 0 aliphatic heterocycles. The Hall–Kier alpha value is -12.8. The molecular weight excluding hydrogens is 1280 g/mol. The molecular formula is C102H72N4. The Labute approximate surface area is 619 Å². The molecule has 0 amide bonds. The molecule has 21 rings (SSSR count). The van der Waals surface area contributed by atoms with E-state index in [9.17, 15) is 0 Å². The fourth-order valence-corrected chi connectivity index (χ4v) is 19.5. The Morgan fingerprint density at radius 1 is 0.208 bits per heavy atom. The number of nitrogens with zero attached hydrogens (tertiary/aromatic N) is 4. The molecule has 1 unspecified atom stereocenters. The maximum Gasteiger partial charge on any atom is 0.161 e. The van der Waals surface area contributed by atoms with Gasteiger partial charge in [0, 0.05) is 49.6 Å². The molecule has 2 heterocycles. The van der Waals surface area contributed by atoms with Crippen molar-refractivity contribution in [2.24, 2.45) is 0 Å². The van der Waals surface area contributed by atoms with Crippen LogP contribution in [0, 0.1) is 0 Å². The largest absolute Gasteiger partial charge is 0.228 e. The summed E-state index contributed by atoms with van der Waals surface area (Å²) in [5, 5.41) is 0. The first kappa shape index (κ1) is 61.9. The van der Waals surface area contributed by atoms with Gasteiger partial charge >= 0.3 is 0 Å². The highest BCUT2D eigenvalue weighted by Gasteiger charge is 2.52. The van der Waals surface area contributed by atoms with E-state index in [0.29, 0.717) is 5.82 Å². The van der Waals surface area contributed by atoms with Crippen molar-refractivity contribution in [3.05, 3.63) is 395 Å². The zero-order chi connectivity index (χ0) is 70.8. The molecule has 5 aliphatic carbocycles. The van der Waals surface area contributed by atoms with Gasteiger partial charge in [-0.3, -0.25) is 0 Å². The van der Waals surface area contributed by atoms with Crippen LogP contribution >= 0.6 is 0 Å². The minimum absolute atomic E-state index is 0.290. The average Bonchev–Trinajstić information content (AvgIpc) is 1.50. The van der Waals surface area contributed by atoms with E-state index >= 15 is 0 Å². The lowest BCUT2D eigenvalue weighted by molar-refractivity contribution is 0.583. The first-order valence-electron chi connectivity index (χ1n) is 37.2. The third-order valence-electron chi connectivity index (χ3n) is 24.4. The monoisotopic (exact) mass is 1350 g/mol. The first-order chi connectivity index (χ1) is 51.9. The van der Waals surface area contributed by atoms with E-state index in [-0.39, 0.29) is 16.2 Å². The van der Waals surface area contributed by atoms with Crippen molar-refractivity contribution in [2.75, 3.05) is 0 Å². The number of hydrogen-bond acceptors (Lipinski definition) is 4. The smallest absolute Gasteiger partial charge is 0.161 e. The zero-order valence-corrected chi connectivity index (χ0v) is 59.8. The van der Waals surface area contributed by atoms with Gasteiger partial charge in [0.2, 0.25) is 0 Å². The number of fused-ring (bicyclic) bond motifs is 19. The van der Waals surface area contributed by atoms with Crippen LogP contribution in [0.4, 0.5) is 0 Å². The number of aromatic nitrogens is 4. The highest BCUT2D eigenvalue weighted by Crippen LogP contribution is 2.65. The molecule has 4 nitrogen and oxygen atoms in total. The fourth-order valence-electron chi connectivity index (χ4n) is 19.5. The van der Waals surface area contributed by atoms with Crippen LogP contribution in [0.15, 0.2) is 334 Å². The third-order valence-corrected chi connectivity index (χ3v) is 24.4. The van der Waals surface area contributed by atoms with Crippen molar-refractivity contribution in [1.29, 1.82) is 0 Å². The maximum absolute atomic E-state index is 5.61. The van der Waals surface area contributed by atoms with Crippen molar-refractivity contribution in [1.82, 2.24) is 19.9 Å². The molecule has 0 saturated heterocycles. The zero-order valence-electron chi connectivity index (χ0n) is 59.8. The van der Waals surface area contributed by atoms with Crippen LogP contribution in [0.25, 0.3) is 146 Å². The summed E-state index contributed by atoms with van der Waals surface area (Å²) in [7, 11) is 0. The van der Waals surface area contributed by atoms with Crippen LogP contribution in [-0.2, 0) is 28.1 Å². The van der Waals surface area contributed by atoms with Gasteiger partial charge in [0.15, 0.2) is 11.6 Å². The van der Waals surface area contributed by atoms with Crippen molar-refractivity contribution in [3.63, 3.8) is 0 Å². The lowest BCUT2D eigenvalue weighted by Crippen LogP contribution is -2.25. The second-order valence-electron chi connectivity index (χ2n) is 30.8. The van der Waals surface area contributed by atoms with Gasteiger partial charge in [-0.15, -0.1) is 0 Å².